The first-order chi connectivity index (χ1) is 4.00. The molecule has 0 fully saturated rings. The van der Waals surface area contributed by atoms with E-state index in [1.165, 1.54) is 19.0 Å². The lowest BCUT2D eigenvalue weighted by molar-refractivity contribution is 0.962. The van der Waals surface area contributed by atoms with Gasteiger partial charge in [0.1, 0.15) is 0 Å². The van der Waals surface area contributed by atoms with E-state index in [2.05, 4.69) is 11.9 Å². The molecular weight excluding hydrogens is 115 g/mol. The monoisotopic (exact) mass is 130 g/mol. The van der Waals surface area contributed by atoms with Crippen molar-refractivity contribution in [2.75, 3.05) is 6.16 Å². The Hall–Kier alpha value is 0.170. The summed E-state index contributed by atoms with van der Waals surface area (Å²) in [6.45, 7) is 4.00. The molecule has 0 aliphatic carbocycles. The highest BCUT2D eigenvalue weighted by Crippen LogP contribution is 2.19. The van der Waals surface area contributed by atoms with Crippen molar-refractivity contribution in [2.24, 2.45) is 0 Å². The van der Waals surface area contributed by atoms with E-state index in [0.29, 0.717) is 0 Å². The second-order valence-corrected chi connectivity index (χ2v) is 2.74. The maximum absolute atomic E-state index is 2.30. The van der Waals surface area contributed by atoms with Crippen molar-refractivity contribution in [1.82, 2.24) is 0 Å². The molecule has 0 nitrogen and oxygen atoms in total. The maximum atomic E-state index is 2.30. The minimum absolute atomic E-state index is 1.12. The predicted octanol–water partition coefficient (Wildman–Crippen LogP) is 3.00. The van der Waals surface area contributed by atoms with Gasteiger partial charge in [0.05, 0.1) is 0 Å². The molecule has 1 aliphatic rings. The molecule has 1 heterocycles. The van der Waals surface area contributed by atoms with E-state index in [9.17, 15) is 0 Å². The fourth-order valence-corrected chi connectivity index (χ4v) is 1.48. The summed E-state index contributed by atoms with van der Waals surface area (Å²) in [5.41, 5.74) is 0. The molecule has 0 amide bonds. The predicted molar refractivity (Wildman–Crippen MR) is 42.9 cm³/mol. The van der Waals surface area contributed by atoms with Crippen molar-refractivity contribution in [1.29, 1.82) is 0 Å². The molecule has 0 aromatic carbocycles. The normalized spacial score (nSPS) is 19.8. The van der Waals surface area contributed by atoms with Gasteiger partial charge in [-0.25, -0.2) is 0 Å². The number of hydrogen-bond acceptors (Lipinski definition) is 0. The van der Waals surface area contributed by atoms with E-state index in [1.807, 2.05) is 13.8 Å². The first-order valence-electron chi connectivity index (χ1n) is 3.38. The molecule has 0 radical (unpaired) electrons. The van der Waals surface area contributed by atoms with Crippen LogP contribution in [-0.4, -0.2) is 6.16 Å². The van der Waals surface area contributed by atoms with E-state index >= 15 is 0 Å². The van der Waals surface area contributed by atoms with Gasteiger partial charge in [0, 0.05) is 0 Å². The van der Waals surface area contributed by atoms with Gasteiger partial charge < -0.3 is 0 Å². The van der Waals surface area contributed by atoms with Gasteiger partial charge in [-0.15, -0.1) is 0 Å². The number of allylic oxidation sites excluding steroid dienone is 1. The molecule has 0 aromatic rings. The Labute approximate surface area is 54.2 Å². The van der Waals surface area contributed by atoms with E-state index in [4.69, 9.17) is 0 Å². The summed E-state index contributed by atoms with van der Waals surface area (Å²) in [5.74, 6) is 2.30. The van der Waals surface area contributed by atoms with Gasteiger partial charge in [0.25, 0.3) is 0 Å². The molecule has 1 unspecified atom stereocenters. The number of hydrogen-bond donors (Lipinski definition) is 0. The van der Waals surface area contributed by atoms with Crippen molar-refractivity contribution in [2.45, 2.75) is 26.7 Å². The van der Waals surface area contributed by atoms with Crippen LogP contribution < -0.4 is 0 Å². The molecule has 0 saturated carbocycles. The van der Waals surface area contributed by atoms with Crippen molar-refractivity contribution in [3.63, 3.8) is 0 Å². The van der Waals surface area contributed by atoms with Crippen LogP contribution in [0.2, 0.25) is 0 Å². The van der Waals surface area contributed by atoms with Crippen molar-refractivity contribution < 1.29 is 0 Å². The molecule has 0 N–H and O–H groups in total. The van der Waals surface area contributed by atoms with Crippen LogP contribution in [0.15, 0.2) is 11.9 Å². The Bertz CT molecular complexity index is 49.4. The van der Waals surface area contributed by atoms with Crippen LogP contribution in [0, 0.1) is 0 Å². The van der Waals surface area contributed by atoms with Gasteiger partial charge in [0.15, 0.2) is 0 Å². The lowest BCUT2D eigenvalue weighted by Gasteiger charge is -1.97. The van der Waals surface area contributed by atoms with Gasteiger partial charge in [-0.05, 0) is 19.0 Å². The van der Waals surface area contributed by atoms with Crippen LogP contribution in [0.25, 0.3) is 0 Å². The first-order valence-corrected chi connectivity index (χ1v) is 4.67. The lowest BCUT2D eigenvalue weighted by atomic mass is 10.3. The summed E-state index contributed by atoms with van der Waals surface area (Å²) >= 11 is 0. The lowest BCUT2D eigenvalue weighted by Crippen LogP contribution is -1.76. The Morgan fingerprint density at radius 2 is 2.12 bits per heavy atom. The van der Waals surface area contributed by atoms with E-state index < -0.39 is 0 Å². The highest BCUT2D eigenvalue weighted by Gasteiger charge is 1.86. The van der Waals surface area contributed by atoms with Gasteiger partial charge in [-0.2, -0.15) is 0 Å². The molecule has 0 bridgehead atoms. The molecule has 1 atom stereocenters. The minimum atomic E-state index is 1.12. The summed E-state index contributed by atoms with van der Waals surface area (Å²) in [7, 11) is 1.12. The molecule has 1 heteroatoms. The Morgan fingerprint density at radius 1 is 1.38 bits per heavy atom. The fourth-order valence-electron chi connectivity index (χ4n) is 0.572. The third-order valence-corrected chi connectivity index (χ3v) is 2.04. The summed E-state index contributed by atoms with van der Waals surface area (Å²) in [6, 6.07) is 0. The quantitative estimate of drug-likeness (QED) is 0.442. The average molecular weight is 130 g/mol. The zero-order valence-electron chi connectivity index (χ0n) is 5.78. The van der Waals surface area contributed by atoms with Crippen molar-refractivity contribution in [3.8, 4) is 0 Å². The van der Waals surface area contributed by atoms with Crippen LogP contribution in [0.1, 0.15) is 26.7 Å². The molecule has 1 rings (SSSR count). The standard InChI is InChI=1S/C5H9P.C2H6/c1-2-4-6-5-3-1;1-2/h2,4,6H,1,3,5H2;1-2H3. The second kappa shape index (κ2) is 7.17. The molecule has 0 aromatic heterocycles. The summed E-state index contributed by atoms with van der Waals surface area (Å²) < 4.78 is 0. The molecule has 48 valence electrons. The van der Waals surface area contributed by atoms with Crippen LogP contribution in [0.3, 0.4) is 0 Å². The SMILES string of the molecule is C1=CPCCC1.CC. The van der Waals surface area contributed by atoms with Crippen LogP contribution >= 0.6 is 8.58 Å². The van der Waals surface area contributed by atoms with Crippen LogP contribution in [0.4, 0.5) is 0 Å². The molecule has 0 saturated heterocycles. The molecule has 0 spiro atoms. The number of rotatable bonds is 0. The Balaban J connectivity index is 0.000000222. The summed E-state index contributed by atoms with van der Waals surface area (Å²) in [6.07, 6.45) is 6.47. The second-order valence-electron chi connectivity index (χ2n) is 1.50. The Morgan fingerprint density at radius 3 is 2.25 bits per heavy atom. The summed E-state index contributed by atoms with van der Waals surface area (Å²) in [4.78, 5) is 0. The van der Waals surface area contributed by atoms with Gasteiger partial charge in [-0.1, -0.05) is 34.3 Å². The molecular formula is C7H15P. The first kappa shape index (κ1) is 8.17. The third-order valence-electron chi connectivity index (χ3n) is 0.928. The highest BCUT2D eigenvalue weighted by molar-refractivity contribution is 7.41. The highest BCUT2D eigenvalue weighted by atomic mass is 31.1. The summed E-state index contributed by atoms with van der Waals surface area (Å²) in [5, 5.41) is 0. The smallest absolute Gasteiger partial charge is 0.0316 e. The van der Waals surface area contributed by atoms with Crippen molar-refractivity contribution >= 4 is 8.58 Å². The zero-order chi connectivity index (χ0) is 6.24. The third kappa shape index (κ3) is 4.33. The van der Waals surface area contributed by atoms with Crippen LogP contribution in [-0.2, 0) is 0 Å². The largest absolute Gasteiger partial charge is 0.0987 e. The minimum Gasteiger partial charge on any atom is -0.0987 e. The fraction of sp³-hybridized carbons (Fsp3) is 0.714. The Kier molecular flexibility index (Phi) is 7.32. The van der Waals surface area contributed by atoms with E-state index in [0.717, 1.165) is 8.58 Å². The molecule has 8 heavy (non-hydrogen) atoms. The van der Waals surface area contributed by atoms with Crippen molar-refractivity contribution in [3.05, 3.63) is 11.9 Å². The zero-order valence-corrected chi connectivity index (χ0v) is 6.78. The average Bonchev–Trinajstić information content (AvgIpc) is 1.96. The van der Waals surface area contributed by atoms with Gasteiger partial charge in [-0.3, -0.25) is 0 Å². The maximum Gasteiger partial charge on any atom is -0.0316 e. The molecule has 1 aliphatic heterocycles. The topological polar surface area (TPSA) is 0 Å². The van der Waals surface area contributed by atoms with E-state index in [1.54, 1.807) is 0 Å². The van der Waals surface area contributed by atoms with Gasteiger partial charge >= 0.3 is 0 Å². The van der Waals surface area contributed by atoms with E-state index in [-0.39, 0.29) is 0 Å². The van der Waals surface area contributed by atoms with Gasteiger partial charge in [0.2, 0.25) is 0 Å². The van der Waals surface area contributed by atoms with Crippen LogP contribution in [0.5, 0.6) is 0 Å².